The Morgan fingerprint density at radius 1 is 1.32 bits per heavy atom. The maximum atomic E-state index is 13.5. The molecule has 0 aliphatic carbocycles. The van der Waals surface area contributed by atoms with E-state index in [-0.39, 0.29) is 22.0 Å². The summed E-state index contributed by atoms with van der Waals surface area (Å²) in [5, 5.41) is 25.4. The topological polar surface area (TPSA) is 135 Å². The molecule has 10 heteroatoms. The zero-order chi connectivity index (χ0) is 20.9. The molecule has 1 aromatic carbocycles. The molecule has 1 aliphatic heterocycles. The third-order valence-electron chi connectivity index (χ3n) is 4.06. The SMILES string of the molecule is CC1(C)C(C#N)=C(SCC(=O)NC(=O)Nc2ccccc2F)NC(=O)[C@@H]1C#N. The van der Waals surface area contributed by atoms with Crippen LogP contribution < -0.4 is 16.0 Å². The standard InChI is InChI=1S/C18H16FN5O3S/c1-18(2)10(7-20)15(26)24-16(11(18)8-21)28-9-14(25)23-17(27)22-13-6-4-3-5-12(13)19/h3-6,10H,9H2,1-2H3,(H,24,26)(H2,22,23,25,27)/t10-/m0/s1. The molecule has 2 rings (SSSR count). The molecular formula is C18H16FN5O3S. The van der Waals surface area contributed by atoms with Crippen molar-refractivity contribution in [1.82, 2.24) is 10.6 Å². The van der Waals surface area contributed by atoms with Crippen LogP contribution in [-0.4, -0.2) is 23.6 Å². The quantitative estimate of drug-likeness (QED) is 0.708. The number of thioether (sulfide) groups is 1. The van der Waals surface area contributed by atoms with E-state index in [1.54, 1.807) is 13.8 Å². The molecule has 0 spiro atoms. The van der Waals surface area contributed by atoms with Gasteiger partial charge < -0.3 is 10.6 Å². The first-order chi connectivity index (χ1) is 13.2. The second kappa shape index (κ2) is 8.55. The van der Waals surface area contributed by atoms with Crippen LogP contribution in [0, 0.1) is 39.8 Å². The monoisotopic (exact) mass is 401 g/mol. The fraction of sp³-hybridized carbons (Fsp3) is 0.278. The third-order valence-corrected chi connectivity index (χ3v) is 5.06. The van der Waals surface area contributed by atoms with Crippen molar-refractivity contribution in [2.24, 2.45) is 11.3 Å². The Kier molecular flexibility index (Phi) is 6.39. The first kappa shape index (κ1) is 20.9. The van der Waals surface area contributed by atoms with Gasteiger partial charge in [0.2, 0.25) is 11.8 Å². The normalized spacial score (nSPS) is 17.8. The number of para-hydroxylation sites is 1. The number of carbonyl (C=O) groups excluding carboxylic acids is 3. The van der Waals surface area contributed by atoms with Crippen LogP contribution in [0.2, 0.25) is 0 Å². The smallest absolute Gasteiger partial charge is 0.319 e. The number of rotatable bonds is 4. The van der Waals surface area contributed by atoms with Crippen LogP contribution in [-0.2, 0) is 9.59 Å². The summed E-state index contributed by atoms with van der Waals surface area (Å²) in [5.41, 5.74) is -0.932. The number of benzene rings is 1. The minimum atomic E-state index is -1.04. The van der Waals surface area contributed by atoms with E-state index in [1.807, 2.05) is 17.5 Å². The molecule has 0 radical (unpaired) electrons. The lowest BCUT2D eigenvalue weighted by Crippen LogP contribution is -2.45. The molecule has 0 unspecified atom stereocenters. The number of allylic oxidation sites excluding steroid dienone is 1. The van der Waals surface area contributed by atoms with Gasteiger partial charge in [0.05, 0.1) is 34.2 Å². The average molecular weight is 401 g/mol. The molecule has 1 atom stereocenters. The third kappa shape index (κ3) is 4.48. The van der Waals surface area contributed by atoms with Crippen LogP contribution >= 0.6 is 11.8 Å². The molecule has 1 aliphatic rings. The molecule has 0 saturated heterocycles. The number of imide groups is 1. The van der Waals surface area contributed by atoms with E-state index in [1.165, 1.54) is 18.2 Å². The number of amides is 4. The summed E-state index contributed by atoms with van der Waals surface area (Å²) in [7, 11) is 0. The lowest BCUT2D eigenvalue weighted by atomic mass is 9.72. The van der Waals surface area contributed by atoms with Crippen LogP contribution in [0.15, 0.2) is 34.9 Å². The summed E-state index contributed by atoms with van der Waals surface area (Å²) in [6, 6.07) is 8.41. The molecule has 3 N–H and O–H groups in total. The Labute approximate surface area is 164 Å². The van der Waals surface area contributed by atoms with E-state index >= 15 is 0 Å². The number of nitrogens with one attached hydrogen (secondary N) is 3. The van der Waals surface area contributed by atoms with Gasteiger partial charge in [-0.2, -0.15) is 10.5 Å². The van der Waals surface area contributed by atoms with Gasteiger partial charge >= 0.3 is 6.03 Å². The van der Waals surface area contributed by atoms with E-state index in [9.17, 15) is 24.0 Å². The van der Waals surface area contributed by atoms with Crippen molar-refractivity contribution in [2.75, 3.05) is 11.1 Å². The molecular weight excluding hydrogens is 385 g/mol. The number of halogens is 1. The van der Waals surface area contributed by atoms with Gasteiger partial charge in [0, 0.05) is 5.41 Å². The Morgan fingerprint density at radius 3 is 2.61 bits per heavy atom. The van der Waals surface area contributed by atoms with Crippen molar-refractivity contribution in [3.8, 4) is 12.1 Å². The molecule has 1 heterocycles. The molecule has 8 nitrogen and oxygen atoms in total. The minimum absolute atomic E-state index is 0.0845. The number of hydrogen-bond acceptors (Lipinski definition) is 6. The summed E-state index contributed by atoms with van der Waals surface area (Å²) in [6.07, 6.45) is 0. The van der Waals surface area contributed by atoms with Crippen molar-refractivity contribution in [1.29, 1.82) is 10.5 Å². The predicted molar refractivity (Wildman–Crippen MR) is 99.7 cm³/mol. The van der Waals surface area contributed by atoms with Crippen molar-refractivity contribution in [2.45, 2.75) is 13.8 Å². The van der Waals surface area contributed by atoms with Crippen LogP contribution in [0.4, 0.5) is 14.9 Å². The number of anilines is 1. The van der Waals surface area contributed by atoms with Gasteiger partial charge in [-0.25, -0.2) is 9.18 Å². The molecule has 0 aromatic heterocycles. The lowest BCUT2D eigenvalue weighted by Gasteiger charge is -2.34. The Hall–Kier alpha value is -3.37. The second-order valence-corrected chi connectivity index (χ2v) is 7.35. The average Bonchev–Trinajstić information content (AvgIpc) is 2.61. The summed E-state index contributed by atoms with van der Waals surface area (Å²) in [5.74, 6) is -3.24. The van der Waals surface area contributed by atoms with Gasteiger partial charge in [-0.05, 0) is 12.1 Å². The Balaban J connectivity index is 2.02. The zero-order valence-corrected chi connectivity index (χ0v) is 15.8. The summed E-state index contributed by atoms with van der Waals surface area (Å²) < 4.78 is 13.5. The largest absolute Gasteiger partial charge is 0.325 e. The van der Waals surface area contributed by atoms with Gasteiger partial charge in [0.1, 0.15) is 11.7 Å². The van der Waals surface area contributed by atoms with E-state index in [4.69, 9.17) is 5.26 Å². The van der Waals surface area contributed by atoms with E-state index < -0.39 is 35.0 Å². The van der Waals surface area contributed by atoms with Crippen molar-refractivity contribution >= 4 is 35.3 Å². The highest BCUT2D eigenvalue weighted by molar-refractivity contribution is 8.03. The van der Waals surface area contributed by atoms with Gasteiger partial charge in [-0.1, -0.05) is 37.7 Å². The Morgan fingerprint density at radius 2 is 2.00 bits per heavy atom. The fourth-order valence-electron chi connectivity index (χ4n) is 2.55. The fourth-order valence-corrected chi connectivity index (χ4v) is 3.52. The van der Waals surface area contributed by atoms with Gasteiger partial charge in [-0.3, -0.25) is 14.9 Å². The van der Waals surface area contributed by atoms with Crippen molar-refractivity contribution in [3.63, 3.8) is 0 Å². The molecule has 144 valence electrons. The number of carbonyl (C=O) groups is 3. The molecule has 1 aromatic rings. The van der Waals surface area contributed by atoms with E-state index in [2.05, 4.69) is 10.6 Å². The maximum Gasteiger partial charge on any atom is 0.325 e. The molecule has 0 saturated carbocycles. The molecule has 0 bridgehead atoms. The van der Waals surface area contributed by atoms with Gasteiger partial charge in [0.15, 0.2) is 0 Å². The maximum absolute atomic E-state index is 13.5. The summed E-state index contributed by atoms with van der Waals surface area (Å²) in [6.45, 7) is 3.20. The number of nitriles is 2. The zero-order valence-electron chi connectivity index (χ0n) is 15.0. The highest BCUT2D eigenvalue weighted by atomic mass is 32.2. The second-order valence-electron chi connectivity index (χ2n) is 6.36. The highest BCUT2D eigenvalue weighted by Crippen LogP contribution is 2.41. The Bertz CT molecular complexity index is 945. The summed E-state index contributed by atoms with van der Waals surface area (Å²) in [4.78, 5) is 35.8. The first-order valence-corrected chi connectivity index (χ1v) is 9.02. The summed E-state index contributed by atoms with van der Waals surface area (Å²) >= 11 is 0.858. The number of hydrogen-bond donors (Lipinski definition) is 3. The van der Waals surface area contributed by atoms with Crippen LogP contribution in [0.25, 0.3) is 0 Å². The van der Waals surface area contributed by atoms with Gasteiger partial charge in [-0.15, -0.1) is 0 Å². The highest BCUT2D eigenvalue weighted by Gasteiger charge is 2.44. The van der Waals surface area contributed by atoms with Crippen LogP contribution in [0.5, 0.6) is 0 Å². The van der Waals surface area contributed by atoms with Crippen LogP contribution in [0.1, 0.15) is 13.8 Å². The predicted octanol–water partition coefficient (Wildman–Crippen LogP) is 2.24. The lowest BCUT2D eigenvalue weighted by molar-refractivity contribution is -0.125. The first-order valence-electron chi connectivity index (χ1n) is 8.04. The van der Waals surface area contributed by atoms with Gasteiger partial charge in [0.25, 0.3) is 0 Å². The molecule has 4 amide bonds. The van der Waals surface area contributed by atoms with Crippen molar-refractivity contribution < 1.29 is 18.8 Å². The minimum Gasteiger partial charge on any atom is -0.319 e. The molecule has 0 fully saturated rings. The number of nitrogens with zero attached hydrogens (tertiary/aromatic N) is 2. The number of urea groups is 1. The van der Waals surface area contributed by atoms with Crippen molar-refractivity contribution in [3.05, 3.63) is 40.7 Å². The van der Waals surface area contributed by atoms with E-state index in [0.29, 0.717) is 0 Å². The van der Waals surface area contributed by atoms with Crippen LogP contribution in [0.3, 0.4) is 0 Å². The van der Waals surface area contributed by atoms with E-state index in [0.717, 1.165) is 17.8 Å². The molecule has 28 heavy (non-hydrogen) atoms.